The topological polar surface area (TPSA) is 23.5 Å². The Morgan fingerprint density at radius 3 is 2.07 bits per heavy atom. The highest BCUT2D eigenvalue weighted by Gasteiger charge is 2.33. The molecule has 0 atom stereocenters. The van der Waals surface area contributed by atoms with Crippen LogP contribution in [0.4, 0.5) is 0 Å². The van der Waals surface area contributed by atoms with Gasteiger partial charge < -0.3 is 5.11 Å². The quantitative estimate of drug-likeness (QED) is 0.730. The number of hydrogen-bond donors (Lipinski definition) is 1. The van der Waals surface area contributed by atoms with Crippen molar-refractivity contribution in [3.63, 3.8) is 0 Å². The molecule has 0 amide bonds. The molecule has 2 nitrogen and oxygen atoms in total. The van der Waals surface area contributed by atoms with Crippen LogP contribution in [0.2, 0.25) is 0 Å². The van der Waals surface area contributed by atoms with Gasteiger partial charge in [-0.15, -0.1) is 0 Å². The lowest BCUT2D eigenvalue weighted by atomic mass is 9.78. The smallest absolute Gasteiger partial charge is 0.0794 e. The molecule has 1 aliphatic heterocycles. The Kier molecular flexibility index (Phi) is 3.13. The fourth-order valence-electron chi connectivity index (χ4n) is 2.92. The molecule has 2 aliphatic rings. The molecule has 14 heavy (non-hydrogen) atoms. The van der Waals surface area contributed by atoms with E-state index in [1.807, 2.05) is 0 Å². The van der Waals surface area contributed by atoms with Crippen molar-refractivity contribution in [2.24, 2.45) is 11.8 Å². The Balaban J connectivity index is 1.73. The van der Waals surface area contributed by atoms with Crippen LogP contribution in [0.3, 0.4) is 0 Å². The van der Waals surface area contributed by atoms with Gasteiger partial charge >= 0.3 is 0 Å². The third-order valence-electron chi connectivity index (χ3n) is 4.09. The van der Waals surface area contributed by atoms with Crippen molar-refractivity contribution in [3.8, 4) is 0 Å². The first-order valence-electron chi connectivity index (χ1n) is 6.09. The molecule has 82 valence electrons. The fourth-order valence-corrected chi connectivity index (χ4v) is 2.92. The van der Waals surface area contributed by atoms with Crippen molar-refractivity contribution in [1.29, 1.82) is 0 Å². The van der Waals surface area contributed by atoms with Crippen LogP contribution in [0.15, 0.2) is 0 Å². The lowest BCUT2D eigenvalue weighted by molar-refractivity contribution is -0.0380. The van der Waals surface area contributed by atoms with E-state index in [9.17, 15) is 5.11 Å². The molecule has 0 aromatic carbocycles. The molecule has 1 N–H and O–H groups in total. The average Bonchev–Trinajstić information content (AvgIpc) is 2.13. The molecule has 0 radical (unpaired) electrons. The van der Waals surface area contributed by atoms with Gasteiger partial charge in [0.2, 0.25) is 0 Å². The van der Waals surface area contributed by atoms with Crippen LogP contribution in [-0.2, 0) is 0 Å². The van der Waals surface area contributed by atoms with E-state index in [0.717, 1.165) is 31.0 Å². The monoisotopic (exact) mass is 197 g/mol. The minimum atomic E-state index is -0.0298. The molecule has 1 saturated carbocycles. The summed E-state index contributed by atoms with van der Waals surface area (Å²) in [5.41, 5.74) is 0. The van der Waals surface area contributed by atoms with Crippen molar-refractivity contribution in [3.05, 3.63) is 0 Å². The zero-order chi connectivity index (χ0) is 10.1. The molecular formula is C12H23NO. The summed E-state index contributed by atoms with van der Waals surface area (Å²) < 4.78 is 0. The highest BCUT2D eigenvalue weighted by atomic mass is 16.3. The van der Waals surface area contributed by atoms with Gasteiger partial charge in [-0.2, -0.15) is 0 Å². The Morgan fingerprint density at radius 1 is 1.07 bits per heavy atom. The molecule has 0 unspecified atom stereocenters. The van der Waals surface area contributed by atoms with Crippen LogP contribution >= 0.6 is 0 Å². The Labute approximate surface area is 87.3 Å². The second-order valence-electron chi connectivity index (χ2n) is 5.42. The summed E-state index contributed by atoms with van der Waals surface area (Å²) in [6, 6.07) is 0.786. The molecule has 1 saturated heterocycles. The van der Waals surface area contributed by atoms with E-state index in [-0.39, 0.29) is 6.10 Å². The van der Waals surface area contributed by atoms with E-state index < -0.39 is 0 Å². The standard InChI is InChI=1S/C12H23NO/c1-9(2)10-3-5-11(6-4-10)13-7-12(14)8-13/h9-12,14H,3-8H2,1-2H3. The SMILES string of the molecule is CC(C)C1CCC(N2CC(O)C2)CC1. The molecule has 2 rings (SSSR count). The molecule has 0 aromatic rings. The van der Waals surface area contributed by atoms with Crippen molar-refractivity contribution in [2.45, 2.75) is 51.7 Å². The first-order chi connectivity index (χ1) is 6.66. The number of hydrogen-bond acceptors (Lipinski definition) is 2. The van der Waals surface area contributed by atoms with Gasteiger partial charge in [0.25, 0.3) is 0 Å². The number of aliphatic hydroxyl groups excluding tert-OH is 1. The summed E-state index contributed by atoms with van der Waals surface area (Å²) in [7, 11) is 0. The minimum absolute atomic E-state index is 0.0298. The van der Waals surface area contributed by atoms with E-state index in [2.05, 4.69) is 18.7 Å². The van der Waals surface area contributed by atoms with Crippen LogP contribution in [0.5, 0.6) is 0 Å². The molecule has 0 spiro atoms. The highest BCUT2D eigenvalue weighted by molar-refractivity contribution is 4.88. The first kappa shape index (κ1) is 10.4. The summed E-state index contributed by atoms with van der Waals surface area (Å²) in [6.07, 6.45) is 5.48. The van der Waals surface area contributed by atoms with Crippen LogP contribution < -0.4 is 0 Å². The molecule has 1 heterocycles. The lowest BCUT2D eigenvalue weighted by Crippen LogP contribution is -2.56. The third kappa shape index (κ3) is 2.12. The number of β-amino-alcohol motifs (C(OH)–C–C–N with tert-alkyl or cyclic N) is 1. The Hall–Kier alpha value is -0.0800. The fraction of sp³-hybridized carbons (Fsp3) is 1.00. The number of likely N-dealkylation sites (tertiary alicyclic amines) is 1. The van der Waals surface area contributed by atoms with Gasteiger partial charge in [-0.1, -0.05) is 13.8 Å². The van der Waals surface area contributed by atoms with Crippen molar-refractivity contribution >= 4 is 0 Å². The van der Waals surface area contributed by atoms with Crippen LogP contribution in [-0.4, -0.2) is 35.2 Å². The van der Waals surface area contributed by atoms with E-state index in [1.54, 1.807) is 0 Å². The summed E-state index contributed by atoms with van der Waals surface area (Å²) in [5.74, 6) is 1.82. The molecule has 2 fully saturated rings. The maximum atomic E-state index is 9.25. The summed E-state index contributed by atoms with van der Waals surface area (Å²) in [4.78, 5) is 2.46. The molecule has 0 aromatic heterocycles. The van der Waals surface area contributed by atoms with Gasteiger partial charge in [-0.3, -0.25) is 4.90 Å². The van der Waals surface area contributed by atoms with Gasteiger partial charge in [0, 0.05) is 19.1 Å². The predicted molar refractivity (Wildman–Crippen MR) is 58.2 cm³/mol. The summed E-state index contributed by atoms with van der Waals surface area (Å²) >= 11 is 0. The maximum Gasteiger partial charge on any atom is 0.0794 e. The number of aliphatic hydroxyl groups is 1. The maximum absolute atomic E-state index is 9.25. The Bertz CT molecular complexity index is 179. The third-order valence-corrected chi connectivity index (χ3v) is 4.09. The minimum Gasteiger partial charge on any atom is -0.390 e. The molecule has 0 bridgehead atoms. The number of nitrogens with zero attached hydrogens (tertiary/aromatic N) is 1. The molecule has 1 aliphatic carbocycles. The van der Waals surface area contributed by atoms with Gasteiger partial charge in [-0.05, 0) is 37.5 Å². The lowest BCUT2D eigenvalue weighted by Gasteiger charge is -2.45. The number of rotatable bonds is 2. The van der Waals surface area contributed by atoms with Crippen LogP contribution in [0, 0.1) is 11.8 Å². The molecular weight excluding hydrogens is 174 g/mol. The van der Waals surface area contributed by atoms with Crippen molar-refractivity contribution in [2.75, 3.05) is 13.1 Å². The average molecular weight is 197 g/mol. The van der Waals surface area contributed by atoms with Crippen LogP contribution in [0.1, 0.15) is 39.5 Å². The van der Waals surface area contributed by atoms with Crippen LogP contribution in [0.25, 0.3) is 0 Å². The summed E-state index contributed by atoms with van der Waals surface area (Å²) in [5, 5.41) is 9.25. The van der Waals surface area contributed by atoms with Gasteiger partial charge in [0.05, 0.1) is 6.10 Å². The molecule has 2 heteroatoms. The zero-order valence-corrected chi connectivity index (χ0v) is 9.45. The first-order valence-corrected chi connectivity index (χ1v) is 6.09. The highest BCUT2D eigenvalue weighted by Crippen LogP contribution is 2.33. The van der Waals surface area contributed by atoms with Crippen molar-refractivity contribution < 1.29 is 5.11 Å². The van der Waals surface area contributed by atoms with E-state index >= 15 is 0 Å². The zero-order valence-electron chi connectivity index (χ0n) is 9.45. The summed E-state index contributed by atoms with van der Waals surface area (Å²) in [6.45, 7) is 6.55. The van der Waals surface area contributed by atoms with E-state index in [4.69, 9.17) is 0 Å². The van der Waals surface area contributed by atoms with Gasteiger partial charge in [0.1, 0.15) is 0 Å². The van der Waals surface area contributed by atoms with Gasteiger partial charge in [-0.25, -0.2) is 0 Å². The second kappa shape index (κ2) is 4.19. The van der Waals surface area contributed by atoms with E-state index in [1.165, 1.54) is 25.7 Å². The largest absolute Gasteiger partial charge is 0.390 e. The van der Waals surface area contributed by atoms with E-state index in [0.29, 0.717) is 0 Å². The normalized spacial score (nSPS) is 36.0. The van der Waals surface area contributed by atoms with Gasteiger partial charge in [0.15, 0.2) is 0 Å². The van der Waals surface area contributed by atoms with Crippen molar-refractivity contribution in [1.82, 2.24) is 4.90 Å². The second-order valence-corrected chi connectivity index (χ2v) is 5.42. The Morgan fingerprint density at radius 2 is 1.64 bits per heavy atom. The predicted octanol–water partition coefficient (Wildman–Crippen LogP) is 1.88.